The van der Waals surface area contributed by atoms with Crippen molar-refractivity contribution in [3.05, 3.63) is 71.9 Å². The third-order valence-corrected chi connectivity index (χ3v) is 3.62. The van der Waals surface area contributed by atoms with Gasteiger partial charge in [0, 0.05) is 5.69 Å². The molecular formula is C20H20N4O2. The molecule has 2 aromatic carbocycles. The van der Waals surface area contributed by atoms with Crippen LogP contribution < -0.4 is 15.4 Å². The Morgan fingerprint density at radius 2 is 1.88 bits per heavy atom. The summed E-state index contributed by atoms with van der Waals surface area (Å²) < 4.78 is 5.51. The highest BCUT2D eigenvalue weighted by molar-refractivity contribution is 6.03. The van der Waals surface area contributed by atoms with E-state index in [-0.39, 0.29) is 11.6 Å². The largest absolute Gasteiger partial charge is 0.492 e. The molecule has 1 aromatic heterocycles. The average Bonchev–Trinajstić information content (AvgIpc) is 2.64. The summed E-state index contributed by atoms with van der Waals surface area (Å²) in [4.78, 5) is 12.4. The molecule has 6 nitrogen and oxygen atoms in total. The molecule has 0 aliphatic rings. The second kappa shape index (κ2) is 8.11. The Morgan fingerprint density at radius 1 is 1.04 bits per heavy atom. The minimum Gasteiger partial charge on any atom is -0.492 e. The summed E-state index contributed by atoms with van der Waals surface area (Å²) in [6, 6.07) is 18.6. The van der Waals surface area contributed by atoms with E-state index in [1.54, 1.807) is 24.3 Å². The quantitative estimate of drug-likeness (QED) is 0.699. The Labute approximate surface area is 152 Å². The topological polar surface area (TPSA) is 76.1 Å². The van der Waals surface area contributed by atoms with Gasteiger partial charge in [-0.05, 0) is 55.8 Å². The van der Waals surface area contributed by atoms with Crippen LogP contribution in [0.1, 0.15) is 23.0 Å². The van der Waals surface area contributed by atoms with E-state index >= 15 is 0 Å². The van der Waals surface area contributed by atoms with E-state index in [1.807, 2.05) is 50.2 Å². The fourth-order valence-corrected chi connectivity index (χ4v) is 2.43. The van der Waals surface area contributed by atoms with E-state index in [4.69, 9.17) is 4.74 Å². The Hall–Kier alpha value is -3.41. The highest BCUT2D eigenvalue weighted by Gasteiger charge is 2.11. The average molecular weight is 348 g/mol. The summed E-state index contributed by atoms with van der Waals surface area (Å²) in [6.45, 7) is 4.43. The van der Waals surface area contributed by atoms with Gasteiger partial charge in [0.05, 0.1) is 12.3 Å². The van der Waals surface area contributed by atoms with Crippen molar-refractivity contribution in [1.82, 2.24) is 10.2 Å². The molecule has 2 N–H and O–H groups in total. The van der Waals surface area contributed by atoms with Gasteiger partial charge in [-0.25, -0.2) is 0 Å². The molecule has 0 aliphatic carbocycles. The van der Waals surface area contributed by atoms with Crippen LogP contribution in [0.15, 0.2) is 60.7 Å². The minimum absolute atomic E-state index is 0.228. The van der Waals surface area contributed by atoms with Crippen LogP contribution in [0.25, 0.3) is 0 Å². The molecule has 3 rings (SSSR count). The molecule has 1 heterocycles. The Kier molecular flexibility index (Phi) is 5.43. The van der Waals surface area contributed by atoms with Crippen molar-refractivity contribution in [2.75, 3.05) is 17.2 Å². The summed E-state index contributed by atoms with van der Waals surface area (Å²) >= 11 is 0. The predicted molar refractivity (Wildman–Crippen MR) is 102 cm³/mol. The summed E-state index contributed by atoms with van der Waals surface area (Å²) in [5, 5.41) is 14.0. The number of carbonyl (C=O) groups is 1. The van der Waals surface area contributed by atoms with E-state index in [2.05, 4.69) is 20.8 Å². The number of ether oxygens (including phenoxy) is 1. The van der Waals surface area contributed by atoms with Crippen molar-refractivity contribution in [3.8, 4) is 5.75 Å². The molecular weight excluding hydrogens is 328 g/mol. The van der Waals surface area contributed by atoms with E-state index in [9.17, 15) is 4.79 Å². The highest BCUT2D eigenvalue weighted by Crippen LogP contribution is 2.24. The van der Waals surface area contributed by atoms with Gasteiger partial charge in [-0.3, -0.25) is 4.79 Å². The van der Waals surface area contributed by atoms with Crippen molar-refractivity contribution < 1.29 is 9.53 Å². The van der Waals surface area contributed by atoms with Crippen LogP contribution in [-0.2, 0) is 0 Å². The van der Waals surface area contributed by atoms with Crippen LogP contribution in [0.5, 0.6) is 5.75 Å². The zero-order valence-corrected chi connectivity index (χ0v) is 14.7. The molecule has 132 valence electrons. The molecule has 0 unspecified atom stereocenters. The molecule has 0 bridgehead atoms. The molecule has 1 amide bonds. The molecule has 0 aliphatic heterocycles. The van der Waals surface area contributed by atoms with Gasteiger partial charge in [0.15, 0.2) is 11.5 Å². The van der Waals surface area contributed by atoms with Crippen LogP contribution in [0, 0.1) is 6.92 Å². The lowest BCUT2D eigenvalue weighted by Gasteiger charge is -2.11. The number of nitrogens with zero attached hydrogens (tertiary/aromatic N) is 2. The first-order chi connectivity index (χ1) is 12.7. The smallest absolute Gasteiger partial charge is 0.276 e. The van der Waals surface area contributed by atoms with Crippen molar-refractivity contribution in [3.63, 3.8) is 0 Å². The lowest BCUT2D eigenvalue weighted by Crippen LogP contribution is -2.15. The van der Waals surface area contributed by atoms with Crippen molar-refractivity contribution in [2.45, 2.75) is 13.8 Å². The van der Waals surface area contributed by atoms with Gasteiger partial charge >= 0.3 is 0 Å². The van der Waals surface area contributed by atoms with Gasteiger partial charge in [-0.2, -0.15) is 0 Å². The van der Waals surface area contributed by atoms with Crippen molar-refractivity contribution >= 4 is 23.1 Å². The van der Waals surface area contributed by atoms with Crippen LogP contribution in [0.3, 0.4) is 0 Å². The monoisotopic (exact) mass is 348 g/mol. The third-order valence-electron chi connectivity index (χ3n) is 3.62. The van der Waals surface area contributed by atoms with Crippen molar-refractivity contribution in [2.24, 2.45) is 0 Å². The summed E-state index contributed by atoms with van der Waals surface area (Å²) in [5.74, 6) is 0.850. The van der Waals surface area contributed by atoms with Crippen LogP contribution in [0.4, 0.5) is 17.2 Å². The first-order valence-electron chi connectivity index (χ1n) is 8.36. The maximum atomic E-state index is 12.4. The molecule has 3 aromatic rings. The number of hydrogen-bond acceptors (Lipinski definition) is 5. The van der Waals surface area contributed by atoms with E-state index < -0.39 is 0 Å². The SMILES string of the molecule is CCOc1ccccc1NC(=O)c1ccc(Nc2cccc(C)c2)nn1. The molecule has 0 spiro atoms. The Balaban J connectivity index is 1.69. The number of aromatic nitrogens is 2. The number of rotatable bonds is 6. The Bertz CT molecular complexity index is 894. The zero-order valence-electron chi connectivity index (χ0n) is 14.7. The number of benzene rings is 2. The molecule has 26 heavy (non-hydrogen) atoms. The van der Waals surface area contributed by atoms with Crippen LogP contribution in [-0.4, -0.2) is 22.7 Å². The standard InChI is InChI=1S/C20H20N4O2/c1-3-26-18-10-5-4-9-16(18)22-20(25)17-11-12-19(24-23-17)21-15-8-6-7-14(2)13-15/h4-13H,3H2,1-2H3,(H,21,24)(H,22,25). The number of anilines is 3. The fraction of sp³-hybridized carbons (Fsp3) is 0.150. The zero-order chi connectivity index (χ0) is 18.4. The van der Waals surface area contributed by atoms with Gasteiger partial charge in [0.1, 0.15) is 5.75 Å². The lowest BCUT2D eigenvalue weighted by atomic mass is 10.2. The number of carbonyl (C=O) groups excluding carboxylic acids is 1. The number of aryl methyl sites for hydroxylation is 1. The van der Waals surface area contributed by atoms with Gasteiger partial charge in [-0.15, -0.1) is 10.2 Å². The first kappa shape index (κ1) is 17.4. The van der Waals surface area contributed by atoms with Gasteiger partial charge < -0.3 is 15.4 Å². The van der Waals surface area contributed by atoms with Gasteiger partial charge in [0.2, 0.25) is 0 Å². The fourth-order valence-electron chi connectivity index (χ4n) is 2.43. The lowest BCUT2D eigenvalue weighted by molar-refractivity contribution is 0.102. The molecule has 0 saturated carbocycles. The predicted octanol–water partition coefficient (Wildman–Crippen LogP) is 4.18. The first-order valence-corrected chi connectivity index (χ1v) is 8.36. The molecule has 6 heteroatoms. The summed E-state index contributed by atoms with van der Waals surface area (Å²) in [5.41, 5.74) is 2.89. The number of para-hydroxylation sites is 2. The maximum Gasteiger partial charge on any atom is 0.276 e. The number of hydrogen-bond donors (Lipinski definition) is 2. The molecule has 0 fully saturated rings. The normalized spacial score (nSPS) is 10.2. The molecule has 0 radical (unpaired) electrons. The summed E-state index contributed by atoms with van der Waals surface area (Å²) in [6.07, 6.45) is 0. The van der Waals surface area contributed by atoms with Gasteiger partial charge in [0.25, 0.3) is 5.91 Å². The summed E-state index contributed by atoms with van der Waals surface area (Å²) in [7, 11) is 0. The van der Waals surface area contributed by atoms with Crippen molar-refractivity contribution in [1.29, 1.82) is 0 Å². The van der Waals surface area contributed by atoms with E-state index in [0.717, 1.165) is 11.3 Å². The molecule has 0 atom stereocenters. The second-order valence-electron chi connectivity index (χ2n) is 5.68. The maximum absolute atomic E-state index is 12.4. The third kappa shape index (κ3) is 4.36. The molecule has 0 saturated heterocycles. The van der Waals surface area contributed by atoms with E-state index in [0.29, 0.717) is 23.9 Å². The van der Waals surface area contributed by atoms with Crippen LogP contribution >= 0.6 is 0 Å². The van der Waals surface area contributed by atoms with E-state index in [1.165, 1.54) is 0 Å². The number of amides is 1. The highest BCUT2D eigenvalue weighted by atomic mass is 16.5. The Morgan fingerprint density at radius 3 is 2.62 bits per heavy atom. The second-order valence-corrected chi connectivity index (χ2v) is 5.68. The number of nitrogens with one attached hydrogen (secondary N) is 2. The minimum atomic E-state index is -0.341. The van der Waals surface area contributed by atoms with Gasteiger partial charge in [-0.1, -0.05) is 24.3 Å². The van der Waals surface area contributed by atoms with Crippen LogP contribution in [0.2, 0.25) is 0 Å².